The second kappa shape index (κ2) is 7.76. The quantitative estimate of drug-likeness (QED) is 0.829. The molecule has 1 aromatic heterocycles. The van der Waals surface area contributed by atoms with Gasteiger partial charge in [-0.3, -0.25) is 9.48 Å². The highest BCUT2D eigenvalue weighted by atomic mass is 19.1. The lowest BCUT2D eigenvalue weighted by molar-refractivity contribution is -0.125. The molecule has 3 atom stereocenters. The molecule has 0 radical (unpaired) electrons. The second-order valence-corrected chi connectivity index (χ2v) is 6.34. The molecule has 0 saturated carbocycles. The fourth-order valence-electron chi connectivity index (χ4n) is 3.28. The molecule has 7 heteroatoms. The van der Waals surface area contributed by atoms with Crippen molar-refractivity contribution in [2.75, 3.05) is 26.7 Å². The van der Waals surface area contributed by atoms with E-state index < -0.39 is 0 Å². The minimum Gasteiger partial charge on any atom is -0.375 e. The number of aromatic nitrogens is 2. The van der Waals surface area contributed by atoms with Crippen molar-refractivity contribution in [3.8, 4) is 0 Å². The fraction of sp³-hybridized carbons (Fsp3) is 0.444. The number of rotatable bonds is 6. The van der Waals surface area contributed by atoms with E-state index in [1.165, 1.54) is 12.1 Å². The topological polar surface area (TPSA) is 68.2 Å². The van der Waals surface area contributed by atoms with Gasteiger partial charge in [-0.15, -0.1) is 0 Å². The maximum Gasteiger partial charge on any atom is 0.225 e. The van der Waals surface area contributed by atoms with E-state index >= 15 is 0 Å². The van der Waals surface area contributed by atoms with Crippen LogP contribution < -0.4 is 10.6 Å². The summed E-state index contributed by atoms with van der Waals surface area (Å²) in [5.74, 6) is -0.336. The minimum absolute atomic E-state index is 0.0111. The van der Waals surface area contributed by atoms with E-state index in [1.807, 2.05) is 19.4 Å². The number of halogens is 1. The monoisotopic (exact) mass is 346 g/mol. The van der Waals surface area contributed by atoms with Crippen LogP contribution in [0.4, 0.5) is 4.39 Å². The molecule has 25 heavy (non-hydrogen) atoms. The van der Waals surface area contributed by atoms with Crippen molar-refractivity contribution in [1.82, 2.24) is 20.4 Å². The number of nitrogens with zero attached hydrogens (tertiary/aromatic N) is 2. The lowest BCUT2D eigenvalue weighted by Gasteiger charge is -2.20. The van der Waals surface area contributed by atoms with Crippen molar-refractivity contribution in [2.45, 2.75) is 12.0 Å². The SMILES string of the molecule is COC(CNC(=O)[C@H]1CNC[C@@H]1c1cnn(C)c1)c1ccc(F)cc1. The zero-order valence-electron chi connectivity index (χ0n) is 14.4. The van der Waals surface area contributed by atoms with E-state index in [0.29, 0.717) is 13.1 Å². The van der Waals surface area contributed by atoms with Crippen LogP contribution in [0.1, 0.15) is 23.1 Å². The summed E-state index contributed by atoms with van der Waals surface area (Å²) in [5, 5.41) is 10.4. The molecule has 1 fully saturated rings. The van der Waals surface area contributed by atoms with E-state index in [4.69, 9.17) is 4.74 Å². The van der Waals surface area contributed by atoms with Gasteiger partial charge in [0.15, 0.2) is 0 Å². The highest BCUT2D eigenvalue weighted by Crippen LogP contribution is 2.28. The van der Waals surface area contributed by atoms with Crippen molar-refractivity contribution < 1.29 is 13.9 Å². The Morgan fingerprint density at radius 2 is 2.20 bits per heavy atom. The third kappa shape index (κ3) is 4.05. The van der Waals surface area contributed by atoms with Crippen LogP contribution >= 0.6 is 0 Å². The molecule has 134 valence electrons. The third-order valence-electron chi connectivity index (χ3n) is 4.69. The molecule has 1 saturated heterocycles. The van der Waals surface area contributed by atoms with Crippen molar-refractivity contribution in [3.05, 3.63) is 53.6 Å². The Morgan fingerprint density at radius 1 is 1.44 bits per heavy atom. The summed E-state index contributed by atoms with van der Waals surface area (Å²) in [6, 6.07) is 6.13. The standard InChI is InChI=1S/C18H23FN4O2/c1-23-11-13(7-22-23)15-8-20-9-16(15)18(24)21-10-17(25-2)12-3-5-14(19)6-4-12/h3-7,11,15-17,20H,8-10H2,1-2H3,(H,21,24)/t15-,16+,17?/m1/s1. The molecular weight excluding hydrogens is 323 g/mol. The molecular formula is C18H23FN4O2. The van der Waals surface area contributed by atoms with Crippen LogP contribution in [0.5, 0.6) is 0 Å². The Morgan fingerprint density at radius 3 is 2.84 bits per heavy atom. The number of nitrogens with one attached hydrogen (secondary N) is 2. The van der Waals surface area contributed by atoms with Gasteiger partial charge in [0.2, 0.25) is 5.91 Å². The first kappa shape index (κ1) is 17.6. The normalized spacial score (nSPS) is 21.2. The van der Waals surface area contributed by atoms with Gasteiger partial charge >= 0.3 is 0 Å². The lowest BCUT2D eigenvalue weighted by atomic mass is 9.90. The van der Waals surface area contributed by atoms with Gasteiger partial charge in [-0.1, -0.05) is 12.1 Å². The predicted octanol–water partition coefficient (Wildman–Crippen LogP) is 1.37. The summed E-state index contributed by atoms with van der Waals surface area (Å²) in [7, 11) is 3.45. The van der Waals surface area contributed by atoms with E-state index in [2.05, 4.69) is 15.7 Å². The van der Waals surface area contributed by atoms with Gasteiger partial charge in [0.1, 0.15) is 5.82 Å². The van der Waals surface area contributed by atoms with Crippen molar-refractivity contribution in [2.24, 2.45) is 13.0 Å². The highest BCUT2D eigenvalue weighted by Gasteiger charge is 2.34. The van der Waals surface area contributed by atoms with Gasteiger partial charge in [-0.05, 0) is 23.3 Å². The fourth-order valence-corrected chi connectivity index (χ4v) is 3.28. The molecule has 1 aromatic carbocycles. The Labute approximate surface area is 146 Å². The zero-order chi connectivity index (χ0) is 17.8. The van der Waals surface area contributed by atoms with Crippen LogP contribution in [-0.4, -0.2) is 42.4 Å². The van der Waals surface area contributed by atoms with Crippen LogP contribution in [0, 0.1) is 11.7 Å². The average molecular weight is 346 g/mol. The number of hydrogen-bond donors (Lipinski definition) is 2. The number of carbonyl (C=O) groups is 1. The minimum atomic E-state index is -0.309. The first-order valence-electron chi connectivity index (χ1n) is 8.33. The van der Waals surface area contributed by atoms with Crippen molar-refractivity contribution in [3.63, 3.8) is 0 Å². The number of amides is 1. The highest BCUT2D eigenvalue weighted by molar-refractivity contribution is 5.80. The number of aryl methyl sites for hydroxylation is 1. The van der Waals surface area contributed by atoms with Gasteiger partial charge in [-0.2, -0.15) is 5.10 Å². The first-order valence-corrected chi connectivity index (χ1v) is 8.33. The van der Waals surface area contributed by atoms with Gasteiger partial charge in [-0.25, -0.2) is 4.39 Å². The molecule has 6 nitrogen and oxygen atoms in total. The molecule has 3 rings (SSSR count). The predicted molar refractivity (Wildman–Crippen MR) is 91.5 cm³/mol. The number of methoxy groups -OCH3 is 1. The summed E-state index contributed by atoms with van der Waals surface area (Å²) in [6.45, 7) is 1.74. The molecule has 1 amide bonds. The molecule has 1 unspecified atom stereocenters. The molecule has 0 bridgehead atoms. The molecule has 2 N–H and O–H groups in total. The Kier molecular flexibility index (Phi) is 5.45. The van der Waals surface area contributed by atoms with Crippen LogP contribution in [0.2, 0.25) is 0 Å². The molecule has 1 aliphatic heterocycles. The summed E-state index contributed by atoms with van der Waals surface area (Å²) in [6.07, 6.45) is 3.46. The number of ether oxygens (including phenoxy) is 1. The van der Waals surface area contributed by atoms with E-state index in [9.17, 15) is 9.18 Å². The molecule has 0 aliphatic carbocycles. The molecule has 0 spiro atoms. The Hall–Kier alpha value is -2.25. The van der Waals surface area contributed by atoms with Crippen LogP contribution in [-0.2, 0) is 16.6 Å². The van der Waals surface area contributed by atoms with E-state index in [1.54, 1.807) is 23.9 Å². The largest absolute Gasteiger partial charge is 0.375 e. The molecule has 2 aromatic rings. The summed E-state index contributed by atoms with van der Waals surface area (Å²) in [5.41, 5.74) is 1.90. The number of benzene rings is 1. The van der Waals surface area contributed by atoms with Gasteiger partial charge in [0, 0.05) is 45.9 Å². The second-order valence-electron chi connectivity index (χ2n) is 6.34. The Bertz CT molecular complexity index is 716. The van der Waals surface area contributed by atoms with E-state index in [-0.39, 0.29) is 29.7 Å². The molecule has 2 heterocycles. The average Bonchev–Trinajstić information content (AvgIpc) is 3.25. The van der Waals surface area contributed by atoms with Gasteiger partial charge in [0.25, 0.3) is 0 Å². The lowest BCUT2D eigenvalue weighted by Crippen LogP contribution is -2.37. The van der Waals surface area contributed by atoms with Gasteiger partial charge in [0.05, 0.1) is 18.2 Å². The van der Waals surface area contributed by atoms with Crippen molar-refractivity contribution in [1.29, 1.82) is 0 Å². The van der Waals surface area contributed by atoms with Crippen LogP contribution in [0.3, 0.4) is 0 Å². The van der Waals surface area contributed by atoms with Gasteiger partial charge < -0.3 is 15.4 Å². The number of carbonyl (C=O) groups excluding carboxylic acids is 1. The summed E-state index contributed by atoms with van der Waals surface area (Å²) >= 11 is 0. The third-order valence-corrected chi connectivity index (χ3v) is 4.69. The van der Waals surface area contributed by atoms with E-state index in [0.717, 1.165) is 17.7 Å². The first-order chi connectivity index (χ1) is 12.1. The maximum absolute atomic E-state index is 13.1. The Balaban J connectivity index is 1.61. The maximum atomic E-state index is 13.1. The zero-order valence-corrected chi connectivity index (χ0v) is 14.4. The summed E-state index contributed by atoms with van der Waals surface area (Å²) < 4.78 is 20.2. The smallest absolute Gasteiger partial charge is 0.225 e. The van der Waals surface area contributed by atoms with Crippen molar-refractivity contribution >= 4 is 5.91 Å². The molecule has 1 aliphatic rings. The van der Waals surface area contributed by atoms with Crippen LogP contribution in [0.25, 0.3) is 0 Å². The number of hydrogen-bond acceptors (Lipinski definition) is 4. The van der Waals surface area contributed by atoms with Crippen LogP contribution in [0.15, 0.2) is 36.7 Å². The summed E-state index contributed by atoms with van der Waals surface area (Å²) in [4.78, 5) is 12.6.